The molecule has 0 N–H and O–H groups in total. The number of rotatable bonds is 21. The Morgan fingerprint density at radius 2 is 0.651 bits per heavy atom. The monoisotopic (exact) mass is 2120 g/mol. The summed E-state index contributed by atoms with van der Waals surface area (Å²) in [7, 11) is 0. The van der Waals surface area contributed by atoms with Crippen molar-refractivity contribution in [3.05, 3.63) is 352 Å². The zero-order valence-electron chi connectivity index (χ0n) is 80.0. The van der Waals surface area contributed by atoms with Crippen LogP contribution in [0.25, 0.3) is 148 Å². The van der Waals surface area contributed by atoms with E-state index in [9.17, 15) is 52.7 Å². The van der Waals surface area contributed by atoms with E-state index in [0.29, 0.717) is 75.7 Å². The predicted octanol–water partition coefficient (Wildman–Crippen LogP) is 29.5. The smallest absolute Gasteiger partial charge is 0.339 e. The van der Waals surface area contributed by atoms with E-state index in [-0.39, 0.29) is 55.9 Å². The number of unbranched alkanes of at least 4 members (excludes halogenated alkanes) is 5. The molecule has 14 heterocycles. The molecule has 1 fully saturated rings. The fourth-order valence-corrected chi connectivity index (χ4v) is 15.3. The number of halogens is 14. The van der Waals surface area contributed by atoms with Crippen molar-refractivity contribution >= 4 is 27.5 Å². The molecule has 0 radical (unpaired) electrons. The Bertz CT molecular complexity index is 7680. The molecule has 0 aliphatic heterocycles. The van der Waals surface area contributed by atoms with Crippen LogP contribution in [-0.2, 0) is 31.1 Å². The molecule has 6 aromatic carbocycles. The second kappa shape index (κ2) is 49.4. The van der Waals surface area contributed by atoms with Gasteiger partial charge < -0.3 is 31.7 Å². The number of nitrogens with zero attached hydrogens (tertiary/aromatic N) is 21. The summed E-state index contributed by atoms with van der Waals surface area (Å²) in [5.41, 5.74) is 10.7. The van der Waals surface area contributed by atoms with Crippen LogP contribution >= 0.6 is 27.5 Å². The van der Waals surface area contributed by atoms with Crippen LogP contribution in [0.5, 0.6) is 0 Å². The van der Waals surface area contributed by atoms with Crippen molar-refractivity contribution in [3.63, 3.8) is 0 Å². The minimum atomic E-state index is -4.95. The summed E-state index contributed by atoms with van der Waals surface area (Å²) in [5.74, 6) is 5.37. The summed E-state index contributed by atoms with van der Waals surface area (Å²) in [4.78, 5) is 57.5. The van der Waals surface area contributed by atoms with E-state index in [4.69, 9.17) is 43.3 Å². The van der Waals surface area contributed by atoms with E-state index in [1.807, 2.05) is 61.5 Å². The standard InChI is InChI=1S/C21H25N3O.C16H15N3O.C15H7F6N3O.C15H13N3O.C14H7BrF3N3O.C14H7ClF3N3O.C12H13N3O/c1-2-3-4-5-6-7-8-17-9-11-19(12-10-17)21-23-20(24-25-21)18-13-15-22-16-14-18;1-10-6-14(9-17-8-10)15-18-16(20-19-15)13-5-4-11(2)12(3)7-13;16-14(17,18)10-5-9(6-11(7-10)15(19,20)21)13-23-12(24-25-13)8-1-3-22-4-2-8;1-10-5-6-12(8-11(10)2)15-17-14(18-19-15)13-4-3-7-16-9-13;15-11-6-9(5-10(7-11)14(16,17)18)13-20-12(21-22-13)8-1-3-19-4-2-8;15-11-2-1-9(7-10(11)14(16,17)18)13-20-12(21-22-13)8-3-5-19-6-4-8;1-2-4-10(3-1)12-14-11(15-16-12)9-5-7-13-8-6-9/h9-16H,2-8H2,1H3;4-9H,1-3H3;1-7H;3-9H,1-2H3;2*1-7H;5-8,10H,1-4H2. The molecule has 1 saturated carbocycles. The van der Waals surface area contributed by atoms with Crippen LogP contribution < -0.4 is 0 Å². The molecule has 21 rings (SSSR count). The van der Waals surface area contributed by atoms with Gasteiger partial charge in [0.2, 0.25) is 46.7 Å². The number of aryl methyl sites for hydroxylation is 6. The summed E-state index contributed by atoms with van der Waals surface area (Å²) >= 11 is 8.63. The predicted molar refractivity (Wildman–Crippen MR) is 530 cm³/mol. The Balaban J connectivity index is 0.000000130. The first-order valence-electron chi connectivity index (χ1n) is 46.2. The second-order valence-electron chi connectivity index (χ2n) is 33.7. The first-order valence-corrected chi connectivity index (χ1v) is 47.4. The van der Waals surface area contributed by atoms with Crippen molar-refractivity contribution in [1.29, 1.82) is 0 Å². The van der Waals surface area contributed by atoms with Gasteiger partial charge in [-0.3, -0.25) is 34.9 Å². The molecule has 28 nitrogen and oxygen atoms in total. The summed E-state index contributed by atoms with van der Waals surface area (Å²) in [6, 6.07) is 51.6. The van der Waals surface area contributed by atoms with Gasteiger partial charge in [0, 0.05) is 169 Å². The Kier molecular flexibility index (Phi) is 35.4. The molecular formula is C107H87BrClF12N21O7. The van der Waals surface area contributed by atoms with Gasteiger partial charge in [0.1, 0.15) is 0 Å². The lowest BCUT2D eigenvalue weighted by Crippen LogP contribution is -2.11. The first-order chi connectivity index (χ1) is 71.7. The lowest BCUT2D eigenvalue weighted by Gasteiger charge is -2.12. The molecule has 0 spiro atoms. The molecule has 20 aromatic rings. The van der Waals surface area contributed by atoms with Crippen LogP contribution in [0.2, 0.25) is 5.02 Å². The largest absolute Gasteiger partial charge is 0.417 e. The Morgan fingerprint density at radius 1 is 0.295 bits per heavy atom. The highest BCUT2D eigenvalue weighted by atomic mass is 79.9. The van der Waals surface area contributed by atoms with E-state index >= 15 is 0 Å². The third kappa shape index (κ3) is 29.6. The fraction of sp³-hybridized carbons (Fsp3) is 0.206. The Morgan fingerprint density at radius 3 is 1.05 bits per heavy atom. The van der Waals surface area contributed by atoms with Crippen LogP contribution in [0.3, 0.4) is 0 Å². The van der Waals surface area contributed by atoms with Gasteiger partial charge in [0.25, 0.3) is 35.3 Å². The summed E-state index contributed by atoms with van der Waals surface area (Å²) in [6.07, 6.45) is 18.1. The second-order valence-corrected chi connectivity index (χ2v) is 35.0. The van der Waals surface area contributed by atoms with Gasteiger partial charge in [0.05, 0.1) is 27.3 Å². The minimum absolute atomic E-state index is 0.0126. The van der Waals surface area contributed by atoms with Crippen molar-refractivity contribution in [3.8, 4) is 148 Å². The van der Waals surface area contributed by atoms with Crippen molar-refractivity contribution in [2.24, 2.45) is 0 Å². The molecule has 0 saturated heterocycles. The number of aromatic nitrogens is 21. The third-order valence-corrected chi connectivity index (χ3v) is 23.6. The molecule has 0 atom stereocenters. The summed E-state index contributed by atoms with van der Waals surface area (Å²) in [5, 5.41) is 26.8. The number of hydrogen-bond donors (Lipinski definition) is 0. The van der Waals surface area contributed by atoms with Gasteiger partial charge in [-0.15, -0.1) is 0 Å². The lowest BCUT2D eigenvalue weighted by molar-refractivity contribution is -0.143. The highest BCUT2D eigenvalue weighted by molar-refractivity contribution is 9.10. The van der Waals surface area contributed by atoms with E-state index in [0.717, 1.165) is 81.1 Å². The zero-order valence-corrected chi connectivity index (χ0v) is 82.3. The number of pyridine rings is 7. The molecule has 42 heteroatoms. The van der Waals surface area contributed by atoms with Gasteiger partial charge in [-0.05, 0) is 264 Å². The molecule has 1 aliphatic carbocycles. The minimum Gasteiger partial charge on any atom is -0.339 e. The maximum Gasteiger partial charge on any atom is 0.417 e. The van der Waals surface area contributed by atoms with Crippen molar-refractivity contribution in [2.45, 2.75) is 143 Å². The lowest BCUT2D eigenvalue weighted by atomic mass is 10.0. The quantitative estimate of drug-likeness (QED) is 0.0476. The average molecular weight is 2120 g/mol. The summed E-state index contributed by atoms with van der Waals surface area (Å²) < 4.78 is 191. The van der Waals surface area contributed by atoms with Gasteiger partial charge in [0.15, 0.2) is 0 Å². The van der Waals surface area contributed by atoms with Gasteiger partial charge >= 0.3 is 24.7 Å². The normalized spacial score (nSPS) is 11.9. The van der Waals surface area contributed by atoms with Gasteiger partial charge in [-0.2, -0.15) is 87.6 Å². The Hall–Kier alpha value is -16.7. The van der Waals surface area contributed by atoms with Crippen LogP contribution in [0.4, 0.5) is 52.7 Å². The van der Waals surface area contributed by atoms with E-state index in [2.05, 4.69) is 205 Å². The van der Waals surface area contributed by atoms with Crippen molar-refractivity contribution in [2.75, 3.05) is 0 Å². The van der Waals surface area contributed by atoms with Crippen molar-refractivity contribution in [1.82, 2.24) is 106 Å². The SMILES string of the molecule is CCCCCCCCc1ccc(-c2nc(-c3ccncc3)no2)cc1.Cc1ccc(-c2nc(-c3cccnc3)no2)cc1C.Cc1cncc(-c2noc(-c3ccc(C)c(C)c3)n2)c1.FC(F)(F)c1cc(-c2nc(-c3ccncc3)no2)cc(C(F)(F)F)c1.FC(F)(F)c1cc(-c2nc(-c3ccncc3)no2)ccc1Cl.FC(F)(F)c1cc(Br)cc(-c2nc(-c3ccncc3)no2)c1.c1cc(-c2noc(C3CCCC3)n2)ccn1. The van der Waals surface area contributed by atoms with Gasteiger partial charge in [-0.25, -0.2) is 0 Å². The maximum absolute atomic E-state index is 12.9. The van der Waals surface area contributed by atoms with Crippen LogP contribution in [0, 0.1) is 34.6 Å². The highest BCUT2D eigenvalue weighted by Crippen LogP contribution is 2.43. The van der Waals surface area contributed by atoms with Crippen LogP contribution in [-0.4, -0.2) is 106 Å². The topological polar surface area (TPSA) is 363 Å². The van der Waals surface area contributed by atoms with Crippen LogP contribution in [0.15, 0.2) is 317 Å². The number of benzene rings is 6. The highest BCUT2D eigenvalue weighted by Gasteiger charge is 2.39. The molecular weight excluding hydrogens is 2030 g/mol. The average Bonchev–Trinajstić information content (AvgIpc) is 1.74. The molecule has 760 valence electrons. The van der Waals surface area contributed by atoms with Gasteiger partial charge in [-0.1, -0.05) is 140 Å². The third-order valence-electron chi connectivity index (χ3n) is 22.8. The zero-order chi connectivity index (χ0) is 105. The first kappa shape index (κ1) is 107. The fourth-order valence-electron chi connectivity index (χ4n) is 14.6. The Labute approximate surface area is 856 Å². The van der Waals surface area contributed by atoms with E-state index < -0.39 is 58.4 Å². The molecule has 0 bridgehead atoms. The molecule has 0 amide bonds. The molecule has 14 aromatic heterocycles. The number of alkyl halides is 12. The summed E-state index contributed by atoms with van der Waals surface area (Å²) in [6.45, 7) is 12.5. The van der Waals surface area contributed by atoms with E-state index in [1.54, 1.807) is 98.6 Å². The van der Waals surface area contributed by atoms with Crippen LogP contribution in [0.1, 0.15) is 139 Å². The molecule has 0 unspecified atom stereocenters. The number of hydrogen-bond acceptors (Lipinski definition) is 28. The molecule has 1 aliphatic rings. The van der Waals surface area contributed by atoms with E-state index in [1.165, 1.54) is 129 Å². The molecule has 149 heavy (non-hydrogen) atoms. The van der Waals surface area contributed by atoms with Crippen molar-refractivity contribution < 1.29 is 84.3 Å². The maximum atomic E-state index is 12.9.